The van der Waals surface area contributed by atoms with Crippen LogP contribution in [0.4, 0.5) is 10.7 Å². The Morgan fingerprint density at radius 1 is 1.29 bits per heavy atom. The van der Waals surface area contributed by atoms with Crippen molar-refractivity contribution in [2.45, 2.75) is 32.6 Å². The fraction of sp³-hybridized carbons (Fsp3) is 0.600. The molecule has 1 saturated heterocycles. The van der Waals surface area contributed by atoms with Gasteiger partial charge in [-0.3, -0.25) is 9.59 Å². The highest BCUT2D eigenvalue weighted by Gasteiger charge is 2.38. The van der Waals surface area contributed by atoms with E-state index in [2.05, 4.69) is 4.90 Å². The monoisotopic (exact) mass is 307 g/mol. The van der Waals surface area contributed by atoms with Gasteiger partial charge in [-0.1, -0.05) is 13.3 Å². The largest absolute Gasteiger partial charge is 0.397 e. The molecular weight excluding hydrogens is 286 g/mol. The van der Waals surface area contributed by atoms with Gasteiger partial charge in [0.2, 0.25) is 0 Å². The summed E-state index contributed by atoms with van der Waals surface area (Å²) in [7, 11) is 0. The number of hydrogen-bond donors (Lipinski definition) is 2. The van der Waals surface area contributed by atoms with Crippen molar-refractivity contribution in [2.75, 3.05) is 23.7 Å². The normalized spacial score (nSPS) is 24.3. The van der Waals surface area contributed by atoms with Crippen LogP contribution in [-0.4, -0.2) is 24.8 Å². The van der Waals surface area contributed by atoms with Crippen molar-refractivity contribution in [1.29, 1.82) is 0 Å². The van der Waals surface area contributed by atoms with Gasteiger partial charge in [0, 0.05) is 19.5 Å². The van der Waals surface area contributed by atoms with Gasteiger partial charge in [0.15, 0.2) is 5.78 Å². The zero-order valence-corrected chi connectivity index (χ0v) is 13.0. The van der Waals surface area contributed by atoms with Gasteiger partial charge in [-0.25, -0.2) is 0 Å². The van der Waals surface area contributed by atoms with Crippen LogP contribution in [0.15, 0.2) is 0 Å². The van der Waals surface area contributed by atoms with E-state index in [-0.39, 0.29) is 11.5 Å². The Balaban J connectivity index is 1.98. The van der Waals surface area contributed by atoms with E-state index in [0.29, 0.717) is 28.7 Å². The third-order valence-electron chi connectivity index (χ3n) is 4.76. The average Bonchev–Trinajstić information content (AvgIpc) is 3.09. The summed E-state index contributed by atoms with van der Waals surface area (Å²) >= 11 is 1.33. The number of Topliss-reactive ketones (excluding diaryl/α,β-unsaturated/α-hetero) is 1. The number of nitrogens with two attached hydrogens (primary N) is 2. The molecule has 3 rings (SSSR count). The quantitative estimate of drug-likeness (QED) is 0.835. The topological polar surface area (TPSA) is 89.4 Å². The highest BCUT2D eigenvalue weighted by molar-refractivity contribution is 7.19. The number of anilines is 2. The molecule has 0 bridgehead atoms. The van der Waals surface area contributed by atoms with Crippen molar-refractivity contribution in [3.8, 4) is 0 Å². The minimum Gasteiger partial charge on any atom is -0.397 e. The molecule has 21 heavy (non-hydrogen) atoms. The van der Waals surface area contributed by atoms with Gasteiger partial charge in [-0.05, 0) is 24.7 Å². The lowest BCUT2D eigenvalue weighted by atomic mass is 10.0. The van der Waals surface area contributed by atoms with E-state index in [4.69, 9.17) is 11.5 Å². The maximum atomic E-state index is 12.0. The van der Waals surface area contributed by atoms with Gasteiger partial charge in [-0.15, -0.1) is 11.3 Å². The highest BCUT2D eigenvalue weighted by atomic mass is 32.1. The standard InChI is InChI=1S/C15H21N3O2S/c1-2-10(19)13-12(16)11(14(17)20)15(21-13)18-6-8-4-3-5-9(8)7-18/h8-9H,2-7,16H2,1H3,(H2,17,20). The molecule has 1 amide bonds. The number of fused-ring (bicyclic) bond motifs is 1. The Morgan fingerprint density at radius 3 is 2.43 bits per heavy atom. The molecule has 5 nitrogen and oxygen atoms in total. The predicted molar refractivity (Wildman–Crippen MR) is 84.9 cm³/mol. The lowest BCUT2D eigenvalue weighted by Gasteiger charge is -2.18. The van der Waals surface area contributed by atoms with E-state index in [9.17, 15) is 9.59 Å². The minimum absolute atomic E-state index is 0.0226. The molecule has 1 aliphatic heterocycles. The molecule has 2 fully saturated rings. The summed E-state index contributed by atoms with van der Waals surface area (Å²) in [6.07, 6.45) is 4.20. The Morgan fingerprint density at radius 2 is 1.90 bits per heavy atom. The number of nitrogen functional groups attached to an aromatic ring is 1. The Kier molecular flexibility index (Phi) is 3.65. The van der Waals surface area contributed by atoms with Crippen LogP contribution < -0.4 is 16.4 Å². The van der Waals surface area contributed by atoms with Crippen LogP contribution in [-0.2, 0) is 0 Å². The van der Waals surface area contributed by atoms with Gasteiger partial charge in [-0.2, -0.15) is 0 Å². The predicted octanol–water partition coefficient (Wildman–Crippen LogP) is 2.26. The van der Waals surface area contributed by atoms with E-state index in [1.807, 2.05) is 0 Å². The summed E-state index contributed by atoms with van der Waals surface area (Å²) in [5.74, 6) is 0.857. The average molecular weight is 307 g/mol. The van der Waals surface area contributed by atoms with Crippen LogP contribution >= 0.6 is 11.3 Å². The summed E-state index contributed by atoms with van der Waals surface area (Å²) in [4.78, 5) is 26.5. The number of nitrogens with zero attached hydrogens (tertiary/aromatic N) is 1. The molecule has 1 saturated carbocycles. The van der Waals surface area contributed by atoms with Crippen LogP contribution in [0.5, 0.6) is 0 Å². The summed E-state index contributed by atoms with van der Waals surface area (Å²) < 4.78 is 0. The first-order chi connectivity index (χ1) is 10.0. The molecule has 1 aromatic rings. The first-order valence-corrected chi connectivity index (χ1v) is 8.34. The van der Waals surface area contributed by atoms with Crippen molar-refractivity contribution in [3.63, 3.8) is 0 Å². The molecule has 0 aromatic carbocycles. The number of thiophene rings is 1. The molecule has 2 aliphatic rings. The first kappa shape index (κ1) is 14.4. The Hall–Kier alpha value is -1.56. The smallest absolute Gasteiger partial charge is 0.253 e. The summed E-state index contributed by atoms with van der Waals surface area (Å²) in [6.45, 7) is 3.70. The van der Waals surface area contributed by atoms with Crippen LogP contribution in [0.3, 0.4) is 0 Å². The zero-order valence-electron chi connectivity index (χ0n) is 12.2. The van der Waals surface area contributed by atoms with E-state index in [0.717, 1.165) is 18.1 Å². The first-order valence-electron chi connectivity index (χ1n) is 7.53. The minimum atomic E-state index is -0.536. The second-order valence-electron chi connectivity index (χ2n) is 6.02. The Bertz CT molecular complexity index is 584. The highest BCUT2D eigenvalue weighted by Crippen LogP contribution is 2.45. The number of amides is 1. The molecule has 2 atom stereocenters. The lowest BCUT2D eigenvalue weighted by Crippen LogP contribution is -2.23. The number of rotatable bonds is 4. The van der Waals surface area contributed by atoms with Crippen LogP contribution in [0, 0.1) is 11.8 Å². The molecule has 4 N–H and O–H groups in total. The van der Waals surface area contributed by atoms with Crippen molar-refractivity contribution in [2.24, 2.45) is 17.6 Å². The van der Waals surface area contributed by atoms with Gasteiger partial charge in [0.1, 0.15) is 5.00 Å². The van der Waals surface area contributed by atoms with Gasteiger partial charge in [0.05, 0.1) is 16.1 Å². The molecule has 0 spiro atoms. The molecule has 1 aromatic heterocycles. The Labute approximate surface area is 128 Å². The number of carbonyl (C=O) groups is 2. The SMILES string of the molecule is CCC(=O)c1sc(N2CC3CCCC3C2)c(C(N)=O)c1N. The second kappa shape index (κ2) is 5.33. The molecule has 2 unspecified atom stereocenters. The lowest BCUT2D eigenvalue weighted by molar-refractivity contribution is 0.0991. The molecule has 1 aliphatic carbocycles. The van der Waals surface area contributed by atoms with Gasteiger partial charge < -0.3 is 16.4 Å². The molecule has 114 valence electrons. The third-order valence-corrected chi connectivity index (χ3v) is 6.07. The molecular formula is C15H21N3O2S. The maximum Gasteiger partial charge on any atom is 0.253 e. The molecule has 6 heteroatoms. The second-order valence-corrected chi connectivity index (χ2v) is 7.02. The zero-order chi connectivity index (χ0) is 15.1. The van der Waals surface area contributed by atoms with E-state index in [1.165, 1.54) is 30.6 Å². The fourth-order valence-electron chi connectivity index (χ4n) is 3.66. The van der Waals surface area contributed by atoms with Crippen molar-refractivity contribution in [1.82, 2.24) is 0 Å². The summed E-state index contributed by atoms with van der Waals surface area (Å²) in [5, 5.41) is 0.797. The molecule has 2 heterocycles. The molecule has 0 radical (unpaired) electrons. The van der Waals surface area contributed by atoms with Crippen LogP contribution in [0.2, 0.25) is 0 Å². The number of carbonyl (C=O) groups excluding carboxylic acids is 2. The van der Waals surface area contributed by atoms with Gasteiger partial charge >= 0.3 is 0 Å². The fourth-order valence-corrected chi connectivity index (χ4v) is 4.92. The van der Waals surface area contributed by atoms with Gasteiger partial charge in [0.25, 0.3) is 5.91 Å². The van der Waals surface area contributed by atoms with Crippen molar-refractivity contribution >= 4 is 33.7 Å². The number of ketones is 1. The van der Waals surface area contributed by atoms with E-state index in [1.54, 1.807) is 6.92 Å². The number of primary amides is 1. The summed E-state index contributed by atoms with van der Waals surface area (Å²) in [5.41, 5.74) is 12.1. The third kappa shape index (κ3) is 2.31. The number of hydrogen-bond acceptors (Lipinski definition) is 5. The summed E-state index contributed by atoms with van der Waals surface area (Å²) in [6, 6.07) is 0. The van der Waals surface area contributed by atoms with Crippen LogP contribution in [0.25, 0.3) is 0 Å². The van der Waals surface area contributed by atoms with E-state index >= 15 is 0 Å². The van der Waals surface area contributed by atoms with Crippen molar-refractivity contribution in [3.05, 3.63) is 10.4 Å². The van der Waals surface area contributed by atoms with E-state index < -0.39 is 5.91 Å². The van der Waals surface area contributed by atoms with Crippen LogP contribution in [0.1, 0.15) is 52.6 Å². The van der Waals surface area contributed by atoms with Crippen molar-refractivity contribution < 1.29 is 9.59 Å². The maximum absolute atomic E-state index is 12.0.